The lowest BCUT2D eigenvalue weighted by Crippen LogP contribution is -2.15. The Balaban J connectivity index is 2.32. The van der Waals surface area contributed by atoms with Crippen LogP contribution in [-0.4, -0.2) is 10.9 Å². The van der Waals surface area contributed by atoms with Crippen LogP contribution in [0.4, 0.5) is 24.7 Å². The van der Waals surface area contributed by atoms with Crippen molar-refractivity contribution in [3.63, 3.8) is 0 Å². The number of nitrogens with one attached hydrogen (secondary N) is 1. The zero-order chi connectivity index (χ0) is 14.9. The van der Waals surface area contributed by atoms with Crippen LogP contribution in [0.5, 0.6) is 0 Å². The van der Waals surface area contributed by atoms with E-state index in [1.807, 2.05) is 5.32 Å². The van der Waals surface area contributed by atoms with Gasteiger partial charge >= 0.3 is 0 Å². The molecule has 2 rings (SSSR count). The molecule has 1 heterocycles. The van der Waals surface area contributed by atoms with Crippen LogP contribution in [-0.2, 0) is 0 Å². The van der Waals surface area contributed by atoms with E-state index >= 15 is 0 Å². The fourth-order valence-electron chi connectivity index (χ4n) is 1.67. The van der Waals surface area contributed by atoms with Crippen molar-refractivity contribution in [2.75, 3.05) is 11.1 Å². The Kier molecular flexibility index (Phi) is 3.60. The minimum absolute atomic E-state index is 0.0955. The van der Waals surface area contributed by atoms with Gasteiger partial charge in [-0.3, -0.25) is 4.79 Å². The van der Waals surface area contributed by atoms with Gasteiger partial charge < -0.3 is 11.1 Å². The molecule has 104 valence electrons. The number of rotatable bonds is 2. The SMILES string of the molecule is Cc1cc(C(=O)Nc2c(F)cc(F)cc2F)cc(N)n1. The van der Waals surface area contributed by atoms with E-state index in [4.69, 9.17) is 5.73 Å². The molecule has 0 aliphatic rings. The molecular formula is C13H10F3N3O. The summed E-state index contributed by atoms with van der Waals surface area (Å²) >= 11 is 0. The van der Waals surface area contributed by atoms with Crippen molar-refractivity contribution < 1.29 is 18.0 Å². The molecule has 2 aromatic rings. The van der Waals surface area contributed by atoms with Crippen LogP contribution in [0.3, 0.4) is 0 Å². The number of aromatic nitrogens is 1. The Labute approximate surface area is 112 Å². The summed E-state index contributed by atoms with van der Waals surface area (Å²) in [5, 5.41) is 2.04. The fourth-order valence-corrected chi connectivity index (χ4v) is 1.67. The number of hydrogen-bond acceptors (Lipinski definition) is 3. The second-order valence-corrected chi connectivity index (χ2v) is 4.12. The fraction of sp³-hybridized carbons (Fsp3) is 0.0769. The quantitative estimate of drug-likeness (QED) is 0.889. The molecular weight excluding hydrogens is 271 g/mol. The second kappa shape index (κ2) is 5.20. The number of anilines is 2. The van der Waals surface area contributed by atoms with E-state index in [0.717, 1.165) is 0 Å². The molecule has 0 fully saturated rings. The molecule has 0 aliphatic heterocycles. The third-order valence-electron chi connectivity index (χ3n) is 2.48. The first kappa shape index (κ1) is 13.9. The van der Waals surface area contributed by atoms with Crippen molar-refractivity contribution in [2.45, 2.75) is 6.92 Å². The molecule has 1 aromatic heterocycles. The highest BCUT2D eigenvalue weighted by molar-refractivity contribution is 6.04. The Hall–Kier alpha value is -2.57. The van der Waals surface area contributed by atoms with Crippen LogP contribution >= 0.6 is 0 Å². The maximum absolute atomic E-state index is 13.4. The van der Waals surface area contributed by atoms with Crippen molar-refractivity contribution in [3.8, 4) is 0 Å². The lowest BCUT2D eigenvalue weighted by molar-refractivity contribution is 0.102. The summed E-state index contributed by atoms with van der Waals surface area (Å²) in [6.07, 6.45) is 0. The summed E-state index contributed by atoms with van der Waals surface area (Å²) in [7, 11) is 0. The molecule has 0 bridgehead atoms. The molecule has 20 heavy (non-hydrogen) atoms. The van der Waals surface area contributed by atoms with E-state index in [1.54, 1.807) is 6.92 Å². The highest BCUT2D eigenvalue weighted by Gasteiger charge is 2.16. The van der Waals surface area contributed by atoms with Gasteiger partial charge in [0, 0.05) is 23.4 Å². The van der Waals surface area contributed by atoms with Gasteiger partial charge in [-0.1, -0.05) is 0 Å². The van der Waals surface area contributed by atoms with Crippen molar-refractivity contribution in [3.05, 3.63) is 53.0 Å². The van der Waals surface area contributed by atoms with E-state index in [9.17, 15) is 18.0 Å². The van der Waals surface area contributed by atoms with Crippen LogP contribution in [0.1, 0.15) is 16.1 Å². The topological polar surface area (TPSA) is 68.0 Å². The number of amides is 1. The number of hydrogen-bond donors (Lipinski definition) is 2. The number of pyridine rings is 1. The average molecular weight is 281 g/mol. The van der Waals surface area contributed by atoms with E-state index in [1.165, 1.54) is 12.1 Å². The zero-order valence-corrected chi connectivity index (χ0v) is 10.4. The standard InChI is InChI=1S/C13H10F3N3O/c1-6-2-7(3-11(17)18-6)13(20)19-12-9(15)4-8(14)5-10(12)16/h2-5H,1H3,(H2,17,18)(H,19,20). The third kappa shape index (κ3) is 2.87. The molecule has 1 amide bonds. The molecule has 3 N–H and O–H groups in total. The molecule has 0 unspecified atom stereocenters. The van der Waals surface area contributed by atoms with Gasteiger partial charge in [-0.05, 0) is 19.1 Å². The molecule has 0 saturated carbocycles. The van der Waals surface area contributed by atoms with Crippen molar-refractivity contribution in [1.29, 1.82) is 0 Å². The normalized spacial score (nSPS) is 10.4. The third-order valence-corrected chi connectivity index (χ3v) is 2.48. The Morgan fingerprint density at radius 2 is 1.75 bits per heavy atom. The maximum atomic E-state index is 13.4. The first-order chi connectivity index (χ1) is 9.36. The monoisotopic (exact) mass is 281 g/mol. The molecule has 0 saturated heterocycles. The van der Waals surface area contributed by atoms with Crippen LogP contribution in [0.25, 0.3) is 0 Å². The summed E-state index contributed by atoms with van der Waals surface area (Å²) < 4.78 is 39.6. The number of nitrogens with two attached hydrogens (primary N) is 1. The van der Waals surface area contributed by atoms with E-state index in [2.05, 4.69) is 4.98 Å². The van der Waals surface area contributed by atoms with Crippen LogP contribution < -0.4 is 11.1 Å². The lowest BCUT2D eigenvalue weighted by atomic mass is 10.2. The Morgan fingerprint density at radius 3 is 2.30 bits per heavy atom. The highest BCUT2D eigenvalue weighted by atomic mass is 19.1. The van der Waals surface area contributed by atoms with Crippen molar-refractivity contribution in [1.82, 2.24) is 4.98 Å². The molecule has 4 nitrogen and oxygen atoms in total. The van der Waals surface area contributed by atoms with Crippen molar-refractivity contribution >= 4 is 17.4 Å². The summed E-state index contributed by atoms with van der Waals surface area (Å²) in [4.78, 5) is 15.8. The van der Waals surface area contributed by atoms with Gasteiger partial charge in [0.1, 0.15) is 17.3 Å². The first-order valence-corrected chi connectivity index (χ1v) is 5.57. The second-order valence-electron chi connectivity index (χ2n) is 4.12. The number of aryl methyl sites for hydroxylation is 1. The van der Waals surface area contributed by atoms with Gasteiger partial charge in [0.2, 0.25) is 0 Å². The summed E-state index contributed by atoms with van der Waals surface area (Å²) in [5.74, 6) is -4.13. The Morgan fingerprint density at radius 1 is 1.15 bits per heavy atom. The Bertz CT molecular complexity index is 645. The number of nitrogen functional groups attached to an aromatic ring is 1. The lowest BCUT2D eigenvalue weighted by Gasteiger charge is -2.08. The molecule has 1 aromatic carbocycles. The minimum atomic E-state index is -1.20. The highest BCUT2D eigenvalue weighted by Crippen LogP contribution is 2.21. The average Bonchev–Trinajstić information content (AvgIpc) is 2.32. The van der Waals surface area contributed by atoms with E-state index in [0.29, 0.717) is 17.8 Å². The number of halogens is 3. The minimum Gasteiger partial charge on any atom is -0.384 e. The summed E-state index contributed by atoms with van der Waals surface area (Å²) in [5.41, 5.74) is 5.34. The van der Waals surface area contributed by atoms with Gasteiger partial charge in [0.25, 0.3) is 5.91 Å². The zero-order valence-electron chi connectivity index (χ0n) is 10.4. The maximum Gasteiger partial charge on any atom is 0.256 e. The van der Waals surface area contributed by atoms with Gasteiger partial charge in [0.15, 0.2) is 11.6 Å². The summed E-state index contributed by atoms with van der Waals surface area (Å²) in [6, 6.07) is 3.63. The molecule has 0 aliphatic carbocycles. The van der Waals surface area contributed by atoms with Crippen LogP contribution in [0.15, 0.2) is 24.3 Å². The number of nitrogens with zero attached hydrogens (tertiary/aromatic N) is 1. The van der Waals surface area contributed by atoms with Crippen LogP contribution in [0.2, 0.25) is 0 Å². The van der Waals surface area contributed by atoms with Gasteiger partial charge in [-0.25, -0.2) is 18.2 Å². The molecule has 7 heteroatoms. The van der Waals surface area contributed by atoms with Crippen molar-refractivity contribution in [2.24, 2.45) is 0 Å². The summed E-state index contributed by atoms with van der Waals surface area (Å²) in [6.45, 7) is 1.62. The smallest absolute Gasteiger partial charge is 0.256 e. The predicted molar refractivity (Wildman–Crippen MR) is 67.7 cm³/mol. The number of benzene rings is 1. The molecule has 0 radical (unpaired) electrons. The van der Waals surface area contributed by atoms with Crippen LogP contribution in [0, 0.1) is 24.4 Å². The number of carbonyl (C=O) groups excluding carboxylic acids is 1. The number of carbonyl (C=O) groups is 1. The molecule has 0 atom stereocenters. The predicted octanol–water partition coefficient (Wildman–Crippen LogP) is 2.64. The van der Waals surface area contributed by atoms with Gasteiger partial charge in [0.05, 0.1) is 0 Å². The van der Waals surface area contributed by atoms with E-state index < -0.39 is 29.0 Å². The van der Waals surface area contributed by atoms with E-state index in [-0.39, 0.29) is 11.4 Å². The largest absolute Gasteiger partial charge is 0.384 e. The van der Waals surface area contributed by atoms with Gasteiger partial charge in [-0.15, -0.1) is 0 Å². The first-order valence-electron chi connectivity index (χ1n) is 5.57. The molecule has 0 spiro atoms. The van der Waals surface area contributed by atoms with Gasteiger partial charge in [-0.2, -0.15) is 0 Å².